The summed E-state index contributed by atoms with van der Waals surface area (Å²) in [7, 11) is 0. The van der Waals surface area contributed by atoms with Crippen molar-refractivity contribution >= 4 is 34.1 Å². The molecule has 2 heterocycles. The summed E-state index contributed by atoms with van der Waals surface area (Å²) in [6.07, 6.45) is 6.37. The second-order valence-corrected chi connectivity index (χ2v) is 5.91. The van der Waals surface area contributed by atoms with Crippen molar-refractivity contribution in [2.75, 3.05) is 5.32 Å². The van der Waals surface area contributed by atoms with Gasteiger partial charge in [0.15, 0.2) is 0 Å². The molecule has 0 amide bonds. The maximum Gasteiger partial charge on any atom is 0.132 e. The molecular weight excluding hydrogens is 284 g/mol. The zero-order valence-corrected chi connectivity index (χ0v) is 12.2. The molecule has 106 valence electrons. The van der Waals surface area contributed by atoms with Crippen molar-refractivity contribution in [1.29, 1.82) is 0 Å². The fourth-order valence-electron chi connectivity index (χ4n) is 2.45. The maximum atomic E-state index is 6.17. The number of pyridine rings is 1. The molecule has 3 aromatic rings. The summed E-state index contributed by atoms with van der Waals surface area (Å²) in [5.74, 6) is 1.60. The lowest BCUT2D eigenvalue weighted by atomic mass is 10.3. The van der Waals surface area contributed by atoms with E-state index < -0.39 is 0 Å². The number of nitrogens with one attached hydrogen (secondary N) is 1. The Labute approximate surface area is 127 Å². The molecule has 1 fully saturated rings. The second kappa shape index (κ2) is 5.04. The lowest BCUT2D eigenvalue weighted by Gasteiger charge is -2.08. The first-order valence-corrected chi connectivity index (χ1v) is 7.50. The van der Waals surface area contributed by atoms with Crippen LogP contribution in [0.25, 0.3) is 11.0 Å². The van der Waals surface area contributed by atoms with Crippen LogP contribution in [0.2, 0.25) is 5.02 Å². The minimum Gasteiger partial charge on any atom is -0.339 e. The first-order chi connectivity index (χ1) is 10.3. The minimum absolute atomic E-state index is 0.686. The number of para-hydroxylation sites is 1. The van der Waals surface area contributed by atoms with Gasteiger partial charge in [0.05, 0.1) is 28.8 Å². The molecule has 1 saturated carbocycles. The molecule has 5 heteroatoms. The molecule has 0 atom stereocenters. The average molecular weight is 299 g/mol. The van der Waals surface area contributed by atoms with E-state index in [2.05, 4.69) is 19.9 Å². The van der Waals surface area contributed by atoms with Crippen molar-refractivity contribution in [3.8, 4) is 0 Å². The highest BCUT2D eigenvalue weighted by Crippen LogP contribution is 2.32. The van der Waals surface area contributed by atoms with Crippen LogP contribution < -0.4 is 5.32 Å². The summed E-state index contributed by atoms with van der Waals surface area (Å²) in [4.78, 5) is 8.82. The van der Waals surface area contributed by atoms with Gasteiger partial charge < -0.3 is 9.88 Å². The van der Waals surface area contributed by atoms with Gasteiger partial charge in [-0.1, -0.05) is 23.7 Å². The summed E-state index contributed by atoms with van der Waals surface area (Å²) < 4.78 is 2.21. The number of fused-ring (bicyclic) bond motifs is 1. The van der Waals surface area contributed by atoms with Crippen LogP contribution in [-0.4, -0.2) is 14.5 Å². The van der Waals surface area contributed by atoms with Gasteiger partial charge in [0, 0.05) is 12.6 Å². The first-order valence-electron chi connectivity index (χ1n) is 7.12. The molecule has 2 aromatic heterocycles. The van der Waals surface area contributed by atoms with Crippen molar-refractivity contribution < 1.29 is 0 Å². The fourth-order valence-corrected chi connectivity index (χ4v) is 2.64. The van der Waals surface area contributed by atoms with Gasteiger partial charge >= 0.3 is 0 Å². The van der Waals surface area contributed by atoms with E-state index in [0.717, 1.165) is 35.0 Å². The van der Waals surface area contributed by atoms with E-state index in [4.69, 9.17) is 11.6 Å². The Morgan fingerprint density at radius 1 is 1.24 bits per heavy atom. The van der Waals surface area contributed by atoms with Crippen LogP contribution in [-0.2, 0) is 6.54 Å². The number of hydrogen-bond donors (Lipinski definition) is 1. The standard InChI is InChI=1S/C16H15ClN4/c17-12-3-1-2-4-13(12)20-16-7-15-14(8-18-16)19-10-21(15)9-11-5-6-11/h1-4,7-8,10-11H,5-6,9H2,(H,18,20). The zero-order valence-electron chi connectivity index (χ0n) is 11.5. The van der Waals surface area contributed by atoms with Crippen molar-refractivity contribution in [3.63, 3.8) is 0 Å². The van der Waals surface area contributed by atoms with Gasteiger partial charge in [-0.2, -0.15) is 0 Å². The predicted molar refractivity (Wildman–Crippen MR) is 85.0 cm³/mol. The molecule has 0 spiro atoms. The van der Waals surface area contributed by atoms with Gasteiger partial charge in [-0.15, -0.1) is 0 Å². The Kier molecular flexibility index (Phi) is 3.04. The Balaban J connectivity index is 1.67. The number of halogens is 1. The number of imidazole rings is 1. The van der Waals surface area contributed by atoms with E-state index >= 15 is 0 Å². The minimum atomic E-state index is 0.686. The summed E-state index contributed by atoms with van der Waals surface area (Å²) in [5.41, 5.74) is 2.91. The second-order valence-electron chi connectivity index (χ2n) is 5.50. The van der Waals surface area contributed by atoms with Gasteiger partial charge in [0.2, 0.25) is 0 Å². The number of anilines is 2. The molecule has 1 aromatic carbocycles. The molecule has 21 heavy (non-hydrogen) atoms. The summed E-state index contributed by atoms with van der Waals surface area (Å²) in [6, 6.07) is 9.70. The molecule has 1 N–H and O–H groups in total. The quantitative estimate of drug-likeness (QED) is 0.783. The monoisotopic (exact) mass is 298 g/mol. The number of hydrogen-bond acceptors (Lipinski definition) is 3. The Morgan fingerprint density at radius 2 is 2.10 bits per heavy atom. The molecule has 0 unspecified atom stereocenters. The normalized spacial score (nSPS) is 14.5. The number of benzene rings is 1. The lowest BCUT2D eigenvalue weighted by molar-refractivity contribution is 0.642. The Bertz CT molecular complexity index is 792. The van der Waals surface area contributed by atoms with Crippen LogP contribution in [0.15, 0.2) is 42.9 Å². The molecule has 0 aliphatic heterocycles. The van der Waals surface area contributed by atoms with E-state index in [1.165, 1.54) is 12.8 Å². The molecule has 1 aliphatic rings. The largest absolute Gasteiger partial charge is 0.339 e. The molecule has 1 aliphatic carbocycles. The third kappa shape index (κ3) is 2.59. The maximum absolute atomic E-state index is 6.17. The predicted octanol–water partition coefficient (Wildman–Crippen LogP) is 4.24. The fraction of sp³-hybridized carbons (Fsp3) is 0.250. The zero-order chi connectivity index (χ0) is 14.2. The van der Waals surface area contributed by atoms with Crippen molar-refractivity contribution in [1.82, 2.24) is 14.5 Å². The van der Waals surface area contributed by atoms with E-state index in [1.807, 2.05) is 36.7 Å². The number of aromatic nitrogens is 3. The third-order valence-electron chi connectivity index (χ3n) is 3.80. The SMILES string of the molecule is Clc1ccccc1Nc1cc2c(cn1)ncn2CC1CC1. The highest BCUT2D eigenvalue weighted by atomic mass is 35.5. The van der Waals surface area contributed by atoms with E-state index in [0.29, 0.717) is 5.02 Å². The van der Waals surface area contributed by atoms with Crippen LogP contribution in [0.3, 0.4) is 0 Å². The van der Waals surface area contributed by atoms with Crippen LogP contribution in [0.5, 0.6) is 0 Å². The van der Waals surface area contributed by atoms with Crippen molar-refractivity contribution in [3.05, 3.63) is 47.9 Å². The van der Waals surface area contributed by atoms with Gasteiger partial charge in [-0.3, -0.25) is 0 Å². The number of rotatable bonds is 4. The summed E-state index contributed by atoms with van der Waals surface area (Å²) in [5, 5.41) is 3.95. The van der Waals surface area contributed by atoms with Crippen LogP contribution >= 0.6 is 11.6 Å². The number of nitrogens with zero attached hydrogens (tertiary/aromatic N) is 3. The van der Waals surface area contributed by atoms with Crippen molar-refractivity contribution in [2.24, 2.45) is 5.92 Å². The van der Waals surface area contributed by atoms with Crippen molar-refractivity contribution in [2.45, 2.75) is 19.4 Å². The summed E-state index contributed by atoms with van der Waals surface area (Å²) >= 11 is 6.17. The summed E-state index contributed by atoms with van der Waals surface area (Å²) in [6.45, 7) is 1.05. The van der Waals surface area contributed by atoms with Gasteiger partial charge in [0.25, 0.3) is 0 Å². The third-order valence-corrected chi connectivity index (χ3v) is 4.13. The van der Waals surface area contributed by atoms with Gasteiger partial charge in [-0.25, -0.2) is 9.97 Å². The highest BCUT2D eigenvalue weighted by molar-refractivity contribution is 6.33. The van der Waals surface area contributed by atoms with Crippen LogP contribution in [0.4, 0.5) is 11.5 Å². The van der Waals surface area contributed by atoms with Gasteiger partial charge in [0.1, 0.15) is 11.3 Å². The lowest BCUT2D eigenvalue weighted by Crippen LogP contribution is -1.99. The molecule has 0 saturated heterocycles. The highest BCUT2D eigenvalue weighted by Gasteiger charge is 2.22. The Morgan fingerprint density at radius 3 is 2.90 bits per heavy atom. The molecule has 0 radical (unpaired) electrons. The molecule has 4 rings (SSSR count). The van der Waals surface area contributed by atoms with Crippen LogP contribution in [0.1, 0.15) is 12.8 Å². The first kappa shape index (κ1) is 12.7. The van der Waals surface area contributed by atoms with E-state index in [-0.39, 0.29) is 0 Å². The topological polar surface area (TPSA) is 42.7 Å². The van der Waals surface area contributed by atoms with Crippen LogP contribution in [0, 0.1) is 5.92 Å². The average Bonchev–Trinajstić information content (AvgIpc) is 3.22. The van der Waals surface area contributed by atoms with E-state index in [1.54, 1.807) is 6.20 Å². The van der Waals surface area contributed by atoms with Gasteiger partial charge in [-0.05, 0) is 30.9 Å². The van der Waals surface area contributed by atoms with E-state index in [9.17, 15) is 0 Å². The smallest absolute Gasteiger partial charge is 0.132 e. The molecule has 0 bridgehead atoms. The Hall–Kier alpha value is -2.07. The molecular formula is C16H15ClN4. The molecule has 4 nitrogen and oxygen atoms in total.